The molecule has 0 saturated carbocycles. The zero-order valence-corrected chi connectivity index (χ0v) is 12.6. The monoisotopic (exact) mass is 329 g/mol. The number of rotatable bonds is 2. The third-order valence-electron chi connectivity index (χ3n) is 3.58. The number of amides is 1. The van der Waals surface area contributed by atoms with Crippen molar-refractivity contribution in [3.63, 3.8) is 0 Å². The molecule has 5 heteroatoms. The highest BCUT2D eigenvalue weighted by Crippen LogP contribution is 2.24. The van der Waals surface area contributed by atoms with Crippen LogP contribution in [0, 0.1) is 5.82 Å². The van der Waals surface area contributed by atoms with Gasteiger partial charge in [-0.25, -0.2) is 4.39 Å². The molecule has 3 nitrogen and oxygen atoms in total. The third kappa shape index (κ3) is 3.15. The van der Waals surface area contributed by atoms with Crippen LogP contribution in [0.4, 0.5) is 4.39 Å². The standard InChI is InChI=1S/C14H17BrFNO2/c1-9-7-11(19-2)5-6-17(9)14(18)12-8-10(15)3-4-13(12)16/h3-4,8-9,11H,5-7H2,1-2H3. The summed E-state index contributed by atoms with van der Waals surface area (Å²) in [6.45, 7) is 2.57. The van der Waals surface area contributed by atoms with Gasteiger partial charge in [0.05, 0.1) is 11.7 Å². The first kappa shape index (κ1) is 14.5. The van der Waals surface area contributed by atoms with Crippen LogP contribution in [0.1, 0.15) is 30.1 Å². The summed E-state index contributed by atoms with van der Waals surface area (Å²) in [7, 11) is 1.68. The first-order valence-electron chi connectivity index (χ1n) is 6.31. The van der Waals surface area contributed by atoms with Crippen LogP contribution in [0.15, 0.2) is 22.7 Å². The number of halogens is 2. The van der Waals surface area contributed by atoms with E-state index in [0.717, 1.165) is 12.8 Å². The van der Waals surface area contributed by atoms with Gasteiger partial charge in [-0.1, -0.05) is 15.9 Å². The van der Waals surface area contributed by atoms with Crippen molar-refractivity contribution in [1.29, 1.82) is 0 Å². The molecule has 0 spiro atoms. The van der Waals surface area contributed by atoms with Crippen LogP contribution in [-0.2, 0) is 4.74 Å². The lowest BCUT2D eigenvalue weighted by atomic mass is 9.99. The molecule has 0 bridgehead atoms. The molecule has 0 N–H and O–H groups in total. The van der Waals surface area contributed by atoms with Gasteiger partial charge in [0, 0.05) is 24.2 Å². The fraction of sp³-hybridized carbons (Fsp3) is 0.500. The highest BCUT2D eigenvalue weighted by Gasteiger charge is 2.30. The topological polar surface area (TPSA) is 29.5 Å². The predicted octanol–water partition coefficient (Wildman–Crippen LogP) is 3.23. The van der Waals surface area contributed by atoms with E-state index in [1.54, 1.807) is 18.1 Å². The molecule has 0 radical (unpaired) electrons. The second-order valence-corrected chi connectivity index (χ2v) is 5.77. The molecule has 2 unspecified atom stereocenters. The average molecular weight is 330 g/mol. The second-order valence-electron chi connectivity index (χ2n) is 4.85. The Labute approximate surface area is 120 Å². The first-order valence-corrected chi connectivity index (χ1v) is 7.11. The Balaban J connectivity index is 2.18. The zero-order chi connectivity index (χ0) is 14.0. The van der Waals surface area contributed by atoms with E-state index in [-0.39, 0.29) is 23.6 Å². The quantitative estimate of drug-likeness (QED) is 0.833. The molecular formula is C14H17BrFNO2. The molecule has 1 aliphatic heterocycles. The molecular weight excluding hydrogens is 313 g/mol. The first-order chi connectivity index (χ1) is 9.02. The fourth-order valence-electron chi connectivity index (χ4n) is 2.46. The Morgan fingerprint density at radius 2 is 2.26 bits per heavy atom. The zero-order valence-electron chi connectivity index (χ0n) is 11.0. The van der Waals surface area contributed by atoms with Crippen LogP contribution in [0.25, 0.3) is 0 Å². The molecule has 0 aromatic heterocycles. The van der Waals surface area contributed by atoms with Crippen LogP contribution < -0.4 is 0 Å². The SMILES string of the molecule is COC1CCN(C(=O)c2cc(Br)ccc2F)C(C)C1. The number of nitrogens with zero attached hydrogens (tertiary/aromatic N) is 1. The Kier molecular flexibility index (Phi) is 4.58. The van der Waals surface area contributed by atoms with Gasteiger partial charge in [-0.3, -0.25) is 4.79 Å². The average Bonchev–Trinajstić information content (AvgIpc) is 2.40. The Bertz CT molecular complexity index is 481. The van der Waals surface area contributed by atoms with Crippen molar-refractivity contribution in [3.8, 4) is 0 Å². The largest absolute Gasteiger partial charge is 0.381 e. The number of hydrogen-bond donors (Lipinski definition) is 0. The van der Waals surface area contributed by atoms with Gasteiger partial charge in [0.15, 0.2) is 0 Å². The molecule has 2 rings (SSSR count). The molecule has 1 amide bonds. The minimum atomic E-state index is -0.478. The predicted molar refractivity (Wildman–Crippen MR) is 74.6 cm³/mol. The van der Waals surface area contributed by atoms with Crippen LogP contribution in [-0.4, -0.2) is 36.6 Å². The molecule has 1 fully saturated rings. The van der Waals surface area contributed by atoms with Crippen molar-refractivity contribution in [2.24, 2.45) is 0 Å². The fourth-order valence-corrected chi connectivity index (χ4v) is 2.82. The number of carbonyl (C=O) groups is 1. The lowest BCUT2D eigenvalue weighted by Crippen LogP contribution is -2.46. The van der Waals surface area contributed by atoms with Crippen molar-refractivity contribution in [3.05, 3.63) is 34.1 Å². The summed E-state index contributed by atoms with van der Waals surface area (Å²) in [5.41, 5.74) is 0.122. The summed E-state index contributed by atoms with van der Waals surface area (Å²) < 4.78 is 19.8. The molecule has 1 saturated heterocycles. The molecule has 1 aliphatic rings. The molecule has 19 heavy (non-hydrogen) atoms. The van der Waals surface area contributed by atoms with Crippen molar-refractivity contribution in [2.45, 2.75) is 31.9 Å². The van der Waals surface area contributed by atoms with E-state index in [1.807, 2.05) is 6.92 Å². The lowest BCUT2D eigenvalue weighted by Gasteiger charge is -2.37. The summed E-state index contributed by atoms with van der Waals surface area (Å²) in [5, 5.41) is 0. The van der Waals surface area contributed by atoms with Crippen LogP contribution in [0.5, 0.6) is 0 Å². The van der Waals surface area contributed by atoms with Crippen LogP contribution >= 0.6 is 15.9 Å². The minimum Gasteiger partial charge on any atom is -0.381 e. The van der Waals surface area contributed by atoms with Crippen LogP contribution in [0.3, 0.4) is 0 Å². The van der Waals surface area contributed by atoms with Gasteiger partial charge in [0.2, 0.25) is 0 Å². The van der Waals surface area contributed by atoms with E-state index in [1.165, 1.54) is 12.1 Å². The molecule has 1 aromatic rings. The van der Waals surface area contributed by atoms with E-state index in [9.17, 15) is 9.18 Å². The highest BCUT2D eigenvalue weighted by atomic mass is 79.9. The van der Waals surface area contributed by atoms with E-state index in [0.29, 0.717) is 11.0 Å². The van der Waals surface area contributed by atoms with E-state index in [2.05, 4.69) is 15.9 Å². The maximum atomic E-state index is 13.8. The van der Waals surface area contributed by atoms with Gasteiger partial charge in [-0.05, 0) is 38.0 Å². The number of likely N-dealkylation sites (tertiary alicyclic amines) is 1. The van der Waals surface area contributed by atoms with Gasteiger partial charge < -0.3 is 9.64 Å². The highest BCUT2D eigenvalue weighted by molar-refractivity contribution is 9.10. The maximum absolute atomic E-state index is 13.8. The van der Waals surface area contributed by atoms with Gasteiger partial charge in [0.25, 0.3) is 5.91 Å². The Morgan fingerprint density at radius 1 is 1.53 bits per heavy atom. The normalized spacial score (nSPS) is 23.5. The molecule has 0 aliphatic carbocycles. The third-order valence-corrected chi connectivity index (χ3v) is 4.07. The van der Waals surface area contributed by atoms with Gasteiger partial charge >= 0.3 is 0 Å². The van der Waals surface area contributed by atoms with Crippen molar-refractivity contribution < 1.29 is 13.9 Å². The summed E-state index contributed by atoms with van der Waals surface area (Å²) in [4.78, 5) is 14.1. The number of carbonyl (C=O) groups excluding carboxylic acids is 1. The molecule has 1 aromatic carbocycles. The molecule has 2 atom stereocenters. The number of ether oxygens (including phenoxy) is 1. The number of piperidine rings is 1. The van der Waals surface area contributed by atoms with E-state index in [4.69, 9.17) is 4.74 Å². The van der Waals surface area contributed by atoms with Gasteiger partial charge in [-0.2, -0.15) is 0 Å². The smallest absolute Gasteiger partial charge is 0.257 e. The van der Waals surface area contributed by atoms with Crippen molar-refractivity contribution >= 4 is 21.8 Å². The molecule has 1 heterocycles. The summed E-state index contributed by atoms with van der Waals surface area (Å²) >= 11 is 3.27. The Hall–Kier alpha value is -0.940. The number of methoxy groups -OCH3 is 1. The van der Waals surface area contributed by atoms with E-state index >= 15 is 0 Å². The summed E-state index contributed by atoms with van der Waals surface area (Å²) in [6.07, 6.45) is 1.77. The second kappa shape index (κ2) is 6.01. The summed E-state index contributed by atoms with van der Waals surface area (Å²) in [5.74, 6) is -0.727. The number of benzene rings is 1. The lowest BCUT2D eigenvalue weighted by molar-refractivity contribution is 0.0158. The van der Waals surface area contributed by atoms with Crippen LogP contribution in [0.2, 0.25) is 0 Å². The van der Waals surface area contributed by atoms with E-state index < -0.39 is 5.82 Å². The maximum Gasteiger partial charge on any atom is 0.257 e. The minimum absolute atomic E-state index is 0.0598. The van der Waals surface area contributed by atoms with Crippen molar-refractivity contribution in [1.82, 2.24) is 4.90 Å². The van der Waals surface area contributed by atoms with Gasteiger partial charge in [-0.15, -0.1) is 0 Å². The summed E-state index contributed by atoms with van der Waals surface area (Å²) in [6, 6.07) is 4.49. The number of hydrogen-bond acceptors (Lipinski definition) is 2. The molecule has 104 valence electrons. The Morgan fingerprint density at radius 3 is 2.89 bits per heavy atom. The van der Waals surface area contributed by atoms with Crippen molar-refractivity contribution in [2.75, 3.05) is 13.7 Å². The van der Waals surface area contributed by atoms with Gasteiger partial charge in [0.1, 0.15) is 5.82 Å².